The molecule has 0 spiro atoms. The number of aromatic nitrogens is 5. The molecule has 2 heterocycles. The number of hydrogen-bond donors (Lipinski definition) is 1. The van der Waals surface area contributed by atoms with Gasteiger partial charge in [0.2, 0.25) is 0 Å². The summed E-state index contributed by atoms with van der Waals surface area (Å²) >= 11 is 0. The Labute approximate surface area is 99.9 Å². The molecule has 0 atom stereocenters. The third kappa shape index (κ3) is 1.95. The van der Waals surface area contributed by atoms with E-state index in [0.717, 1.165) is 28.6 Å². The van der Waals surface area contributed by atoms with Crippen LogP contribution in [0.4, 0.5) is 0 Å². The summed E-state index contributed by atoms with van der Waals surface area (Å²) in [5.41, 5.74) is 2.73. The number of hydrogen-bond acceptors (Lipinski definition) is 4. The van der Waals surface area contributed by atoms with E-state index in [9.17, 15) is 5.11 Å². The second kappa shape index (κ2) is 4.29. The Morgan fingerprint density at radius 2 is 1.88 bits per heavy atom. The normalized spacial score (nSPS) is 11.1. The van der Waals surface area contributed by atoms with Crippen LogP contribution in [0.2, 0.25) is 0 Å². The van der Waals surface area contributed by atoms with E-state index in [1.807, 2.05) is 37.1 Å². The largest absolute Gasteiger partial charge is 0.392 e. The maximum absolute atomic E-state index is 9.25. The fourth-order valence-electron chi connectivity index (χ4n) is 1.84. The molecule has 0 unspecified atom stereocenters. The molecule has 0 radical (unpaired) electrons. The van der Waals surface area contributed by atoms with Crippen LogP contribution >= 0.6 is 0 Å². The molecule has 2 rings (SSSR count). The molecule has 6 heteroatoms. The molecule has 0 aromatic carbocycles. The van der Waals surface area contributed by atoms with Gasteiger partial charge in [-0.05, 0) is 20.8 Å². The summed E-state index contributed by atoms with van der Waals surface area (Å²) < 4.78 is 3.79. The summed E-state index contributed by atoms with van der Waals surface area (Å²) in [6, 6.07) is 0. The molecular weight excluding hydrogens is 218 g/mol. The lowest BCUT2D eigenvalue weighted by Crippen LogP contribution is -2.09. The first-order chi connectivity index (χ1) is 8.04. The molecule has 0 saturated heterocycles. The Morgan fingerprint density at radius 1 is 1.18 bits per heavy atom. The van der Waals surface area contributed by atoms with Crippen LogP contribution in [0.3, 0.4) is 0 Å². The molecule has 0 aliphatic heterocycles. The van der Waals surface area contributed by atoms with Gasteiger partial charge in [0.15, 0.2) is 5.82 Å². The van der Waals surface area contributed by atoms with Crippen molar-refractivity contribution < 1.29 is 5.11 Å². The van der Waals surface area contributed by atoms with Crippen molar-refractivity contribution in [3.8, 4) is 0 Å². The fourth-order valence-corrected chi connectivity index (χ4v) is 1.84. The van der Waals surface area contributed by atoms with Crippen LogP contribution < -0.4 is 0 Å². The Hall–Kier alpha value is -1.69. The first-order valence-corrected chi connectivity index (χ1v) is 5.53. The number of aliphatic hydroxyl groups is 1. The van der Waals surface area contributed by atoms with E-state index in [2.05, 4.69) is 15.3 Å². The number of nitrogens with zero attached hydrogens (tertiary/aromatic N) is 5. The van der Waals surface area contributed by atoms with Gasteiger partial charge in [0.1, 0.15) is 12.4 Å². The molecule has 0 amide bonds. The lowest BCUT2D eigenvalue weighted by Gasteiger charge is -2.04. The van der Waals surface area contributed by atoms with Crippen LogP contribution in [-0.2, 0) is 20.2 Å². The van der Waals surface area contributed by atoms with Crippen LogP contribution in [0.1, 0.15) is 28.6 Å². The van der Waals surface area contributed by atoms with E-state index < -0.39 is 0 Å². The summed E-state index contributed by atoms with van der Waals surface area (Å²) in [5, 5.41) is 21.8. The molecule has 0 aliphatic rings. The lowest BCUT2D eigenvalue weighted by molar-refractivity contribution is 0.280. The van der Waals surface area contributed by atoms with E-state index in [4.69, 9.17) is 0 Å². The van der Waals surface area contributed by atoms with Crippen LogP contribution in [0.15, 0.2) is 0 Å². The predicted molar refractivity (Wildman–Crippen MR) is 62.5 cm³/mol. The number of aliphatic hydroxyl groups excluding tert-OH is 1. The SMILES string of the molecule is Cc1nn(Cc2nnc(C)n2C)c(C)c1CO. The average Bonchev–Trinajstić information content (AvgIpc) is 2.74. The van der Waals surface area contributed by atoms with E-state index in [0.29, 0.717) is 6.54 Å². The minimum Gasteiger partial charge on any atom is -0.392 e. The molecule has 0 fully saturated rings. The zero-order valence-electron chi connectivity index (χ0n) is 10.6. The first kappa shape index (κ1) is 11.8. The van der Waals surface area contributed by atoms with Crippen LogP contribution in [-0.4, -0.2) is 29.7 Å². The third-order valence-electron chi connectivity index (χ3n) is 3.16. The highest BCUT2D eigenvalue weighted by Crippen LogP contribution is 2.13. The summed E-state index contributed by atoms with van der Waals surface area (Å²) in [7, 11) is 1.93. The maximum atomic E-state index is 9.25. The van der Waals surface area contributed by atoms with Crippen molar-refractivity contribution in [1.82, 2.24) is 24.5 Å². The molecule has 0 bridgehead atoms. The number of aryl methyl sites for hydroxylation is 2. The highest BCUT2D eigenvalue weighted by Gasteiger charge is 2.13. The fraction of sp³-hybridized carbons (Fsp3) is 0.545. The van der Waals surface area contributed by atoms with E-state index in [-0.39, 0.29) is 6.61 Å². The highest BCUT2D eigenvalue weighted by molar-refractivity contribution is 5.23. The van der Waals surface area contributed by atoms with Gasteiger partial charge in [0, 0.05) is 18.3 Å². The standard InChI is InChI=1S/C11H17N5O/c1-7-10(6-17)8(2)16(14-7)5-11-13-12-9(3)15(11)4/h17H,5-6H2,1-4H3. The van der Waals surface area contributed by atoms with Crippen LogP contribution in [0.5, 0.6) is 0 Å². The third-order valence-corrected chi connectivity index (χ3v) is 3.16. The first-order valence-electron chi connectivity index (χ1n) is 5.53. The minimum atomic E-state index is 0.0233. The minimum absolute atomic E-state index is 0.0233. The molecule has 92 valence electrons. The van der Waals surface area contributed by atoms with Gasteiger partial charge in [-0.25, -0.2) is 0 Å². The van der Waals surface area contributed by atoms with Crippen molar-refractivity contribution in [3.63, 3.8) is 0 Å². The predicted octanol–water partition coefficient (Wildman–Crippen LogP) is 0.477. The van der Waals surface area contributed by atoms with Crippen LogP contribution in [0.25, 0.3) is 0 Å². The van der Waals surface area contributed by atoms with Gasteiger partial charge in [-0.15, -0.1) is 10.2 Å². The van der Waals surface area contributed by atoms with Gasteiger partial charge in [-0.1, -0.05) is 0 Å². The van der Waals surface area contributed by atoms with Crippen molar-refractivity contribution >= 4 is 0 Å². The topological polar surface area (TPSA) is 68.8 Å². The van der Waals surface area contributed by atoms with Crippen molar-refractivity contribution in [3.05, 3.63) is 28.6 Å². The van der Waals surface area contributed by atoms with E-state index in [1.165, 1.54) is 0 Å². The Kier molecular flexibility index (Phi) is 2.97. The molecule has 0 saturated carbocycles. The zero-order chi connectivity index (χ0) is 12.6. The molecule has 2 aromatic heterocycles. The van der Waals surface area contributed by atoms with Crippen molar-refractivity contribution in [2.24, 2.45) is 7.05 Å². The monoisotopic (exact) mass is 235 g/mol. The summed E-state index contributed by atoms with van der Waals surface area (Å²) in [5.74, 6) is 1.74. The van der Waals surface area contributed by atoms with E-state index >= 15 is 0 Å². The van der Waals surface area contributed by atoms with Gasteiger partial charge < -0.3 is 9.67 Å². The Bertz CT molecular complexity index is 540. The maximum Gasteiger partial charge on any atom is 0.154 e. The van der Waals surface area contributed by atoms with Gasteiger partial charge in [-0.3, -0.25) is 4.68 Å². The Balaban J connectivity index is 2.34. The summed E-state index contributed by atoms with van der Waals surface area (Å²) in [6.07, 6.45) is 0. The molecular formula is C11H17N5O. The molecule has 2 aromatic rings. The van der Waals surface area contributed by atoms with Crippen LogP contribution in [0, 0.1) is 20.8 Å². The van der Waals surface area contributed by atoms with Gasteiger partial charge >= 0.3 is 0 Å². The van der Waals surface area contributed by atoms with Crippen molar-refractivity contribution in [2.75, 3.05) is 0 Å². The van der Waals surface area contributed by atoms with E-state index in [1.54, 1.807) is 0 Å². The zero-order valence-corrected chi connectivity index (χ0v) is 10.6. The average molecular weight is 235 g/mol. The lowest BCUT2D eigenvalue weighted by atomic mass is 10.2. The molecule has 6 nitrogen and oxygen atoms in total. The highest BCUT2D eigenvalue weighted by atomic mass is 16.3. The number of rotatable bonds is 3. The summed E-state index contributed by atoms with van der Waals surface area (Å²) in [6.45, 7) is 6.36. The Morgan fingerprint density at radius 3 is 2.35 bits per heavy atom. The van der Waals surface area contributed by atoms with Gasteiger partial charge in [0.05, 0.1) is 12.3 Å². The summed E-state index contributed by atoms with van der Waals surface area (Å²) in [4.78, 5) is 0. The second-order valence-corrected chi connectivity index (χ2v) is 4.19. The van der Waals surface area contributed by atoms with Gasteiger partial charge in [0.25, 0.3) is 0 Å². The smallest absolute Gasteiger partial charge is 0.154 e. The molecule has 0 aliphatic carbocycles. The molecule has 17 heavy (non-hydrogen) atoms. The van der Waals surface area contributed by atoms with Gasteiger partial charge in [-0.2, -0.15) is 5.10 Å². The molecule has 1 N–H and O–H groups in total. The van der Waals surface area contributed by atoms with Crippen molar-refractivity contribution in [2.45, 2.75) is 33.9 Å². The quantitative estimate of drug-likeness (QED) is 0.840. The second-order valence-electron chi connectivity index (χ2n) is 4.19. The van der Waals surface area contributed by atoms with Crippen molar-refractivity contribution in [1.29, 1.82) is 0 Å².